The predicted octanol–water partition coefficient (Wildman–Crippen LogP) is 3.55. The number of nitrogens with zero attached hydrogens (tertiary/aromatic N) is 1. The fourth-order valence-corrected chi connectivity index (χ4v) is 3.38. The quantitative estimate of drug-likeness (QED) is 0.774. The Morgan fingerprint density at radius 2 is 1.63 bits per heavy atom. The largest absolute Gasteiger partial charge is 0.493 e. The number of carbonyl (C=O) groups is 1. The van der Waals surface area contributed by atoms with Gasteiger partial charge in [-0.1, -0.05) is 18.2 Å². The topological polar surface area (TPSA) is 50.8 Å². The Morgan fingerprint density at radius 3 is 2.30 bits per heavy atom. The van der Waals surface area contributed by atoms with Crippen molar-refractivity contribution in [1.29, 1.82) is 0 Å². The molecule has 1 amide bonds. The van der Waals surface area contributed by atoms with Crippen molar-refractivity contribution in [3.63, 3.8) is 0 Å². The summed E-state index contributed by atoms with van der Waals surface area (Å²) in [5.41, 5.74) is 3.45. The molecule has 1 heterocycles. The minimum Gasteiger partial charge on any atom is -0.493 e. The summed E-state index contributed by atoms with van der Waals surface area (Å²) >= 11 is 0. The van der Waals surface area contributed by atoms with Gasteiger partial charge in [-0.25, -0.2) is 0 Å². The fraction of sp³-hybridized carbons (Fsp3) is 0.409. The van der Waals surface area contributed by atoms with Gasteiger partial charge in [-0.2, -0.15) is 0 Å². The lowest BCUT2D eigenvalue weighted by Crippen LogP contribution is -2.23. The van der Waals surface area contributed by atoms with Crippen LogP contribution >= 0.6 is 0 Å². The Morgan fingerprint density at radius 1 is 0.963 bits per heavy atom. The minimum absolute atomic E-state index is 0.0494. The first kappa shape index (κ1) is 19.1. The Hall–Kier alpha value is -2.69. The van der Waals surface area contributed by atoms with Crippen LogP contribution in [0.2, 0.25) is 0 Å². The number of amides is 1. The van der Waals surface area contributed by atoms with Gasteiger partial charge in [-0.05, 0) is 54.7 Å². The second kappa shape index (κ2) is 9.31. The van der Waals surface area contributed by atoms with E-state index in [1.54, 1.807) is 14.2 Å². The first-order valence-corrected chi connectivity index (χ1v) is 9.51. The molecule has 0 aromatic heterocycles. The summed E-state index contributed by atoms with van der Waals surface area (Å²) in [4.78, 5) is 14.6. The first-order chi connectivity index (χ1) is 13.2. The number of aryl methyl sites for hydroxylation is 1. The zero-order chi connectivity index (χ0) is 19.1. The number of anilines is 1. The summed E-state index contributed by atoms with van der Waals surface area (Å²) in [6.45, 7) is 2.85. The van der Waals surface area contributed by atoms with Crippen LogP contribution in [0.1, 0.15) is 30.4 Å². The Kier molecular flexibility index (Phi) is 6.58. The van der Waals surface area contributed by atoms with Crippen molar-refractivity contribution >= 4 is 11.6 Å². The second-order valence-electron chi connectivity index (χ2n) is 6.83. The average molecular weight is 368 g/mol. The highest BCUT2D eigenvalue weighted by molar-refractivity contribution is 5.76. The van der Waals surface area contributed by atoms with E-state index in [2.05, 4.69) is 34.5 Å². The number of nitrogens with one attached hydrogen (secondary N) is 1. The molecule has 0 saturated carbocycles. The molecule has 5 heteroatoms. The van der Waals surface area contributed by atoms with Gasteiger partial charge in [0.2, 0.25) is 5.91 Å². The smallest absolute Gasteiger partial charge is 0.220 e. The SMILES string of the molecule is COc1ccc(CCC(=O)NCc2ccc(N3CCCC3)cc2)cc1OC. The van der Waals surface area contributed by atoms with Crippen molar-refractivity contribution in [2.24, 2.45) is 0 Å². The van der Waals surface area contributed by atoms with Crippen molar-refractivity contribution in [3.05, 3.63) is 53.6 Å². The molecule has 1 aliphatic rings. The molecule has 2 aromatic carbocycles. The first-order valence-electron chi connectivity index (χ1n) is 9.51. The van der Waals surface area contributed by atoms with E-state index in [-0.39, 0.29) is 5.91 Å². The normalized spacial score (nSPS) is 13.5. The van der Waals surface area contributed by atoms with Crippen LogP contribution < -0.4 is 19.7 Å². The minimum atomic E-state index is 0.0494. The van der Waals surface area contributed by atoms with Crippen molar-refractivity contribution in [2.45, 2.75) is 32.2 Å². The van der Waals surface area contributed by atoms with Crippen LogP contribution in [0.3, 0.4) is 0 Å². The molecule has 0 radical (unpaired) electrons. The molecule has 27 heavy (non-hydrogen) atoms. The molecule has 0 bridgehead atoms. The average Bonchev–Trinajstić information content (AvgIpc) is 3.25. The van der Waals surface area contributed by atoms with Crippen LogP contribution in [0.5, 0.6) is 11.5 Å². The van der Waals surface area contributed by atoms with E-state index in [9.17, 15) is 4.79 Å². The maximum absolute atomic E-state index is 12.2. The highest BCUT2D eigenvalue weighted by atomic mass is 16.5. The zero-order valence-corrected chi connectivity index (χ0v) is 16.2. The third-order valence-electron chi connectivity index (χ3n) is 4.99. The molecule has 2 aromatic rings. The zero-order valence-electron chi connectivity index (χ0n) is 16.2. The van der Waals surface area contributed by atoms with Crippen LogP contribution in [0.25, 0.3) is 0 Å². The van der Waals surface area contributed by atoms with E-state index in [1.807, 2.05) is 18.2 Å². The maximum Gasteiger partial charge on any atom is 0.220 e. The molecule has 1 fully saturated rings. The van der Waals surface area contributed by atoms with Gasteiger partial charge in [-0.3, -0.25) is 4.79 Å². The second-order valence-corrected chi connectivity index (χ2v) is 6.83. The van der Waals surface area contributed by atoms with Gasteiger partial charge in [-0.15, -0.1) is 0 Å². The van der Waals surface area contributed by atoms with Crippen molar-refractivity contribution in [3.8, 4) is 11.5 Å². The third-order valence-corrected chi connectivity index (χ3v) is 4.99. The molecule has 5 nitrogen and oxygen atoms in total. The van der Waals surface area contributed by atoms with Crippen LogP contribution in [0.4, 0.5) is 5.69 Å². The monoisotopic (exact) mass is 368 g/mol. The Labute approximate surface area is 161 Å². The third kappa shape index (κ3) is 5.16. The van der Waals surface area contributed by atoms with Crippen molar-refractivity contribution in [1.82, 2.24) is 5.32 Å². The van der Waals surface area contributed by atoms with Gasteiger partial charge < -0.3 is 19.7 Å². The van der Waals surface area contributed by atoms with E-state index in [4.69, 9.17) is 9.47 Å². The van der Waals surface area contributed by atoms with E-state index >= 15 is 0 Å². The van der Waals surface area contributed by atoms with Gasteiger partial charge >= 0.3 is 0 Å². The molecule has 0 aliphatic carbocycles. The van der Waals surface area contributed by atoms with E-state index in [1.165, 1.54) is 18.5 Å². The molecule has 144 valence electrons. The number of ether oxygens (including phenoxy) is 2. The van der Waals surface area contributed by atoms with E-state index < -0.39 is 0 Å². The summed E-state index contributed by atoms with van der Waals surface area (Å²) in [5.74, 6) is 1.44. The molecule has 1 saturated heterocycles. The molecule has 0 unspecified atom stereocenters. The molecule has 1 aliphatic heterocycles. The van der Waals surface area contributed by atoms with E-state index in [0.29, 0.717) is 30.9 Å². The van der Waals surface area contributed by atoms with E-state index in [0.717, 1.165) is 24.2 Å². The highest BCUT2D eigenvalue weighted by Gasteiger charge is 2.12. The number of rotatable bonds is 8. The number of carbonyl (C=O) groups excluding carboxylic acids is 1. The molecule has 0 spiro atoms. The maximum atomic E-state index is 12.2. The van der Waals surface area contributed by atoms with Gasteiger partial charge in [0.1, 0.15) is 0 Å². The molecule has 3 rings (SSSR count). The molecule has 1 N–H and O–H groups in total. The highest BCUT2D eigenvalue weighted by Crippen LogP contribution is 2.28. The number of benzene rings is 2. The molecule has 0 atom stereocenters. The van der Waals surface area contributed by atoms with Gasteiger partial charge in [0.15, 0.2) is 11.5 Å². The van der Waals surface area contributed by atoms with Crippen molar-refractivity contribution < 1.29 is 14.3 Å². The predicted molar refractivity (Wildman–Crippen MR) is 108 cm³/mol. The van der Waals surface area contributed by atoms with Gasteiger partial charge in [0.05, 0.1) is 14.2 Å². The number of methoxy groups -OCH3 is 2. The van der Waals surface area contributed by atoms with Crippen LogP contribution in [-0.4, -0.2) is 33.2 Å². The van der Waals surface area contributed by atoms with Gasteiger partial charge in [0, 0.05) is 31.7 Å². The lowest BCUT2D eigenvalue weighted by atomic mass is 10.1. The van der Waals surface area contributed by atoms with Gasteiger partial charge in [0.25, 0.3) is 0 Å². The summed E-state index contributed by atoms with van der Waals surface area (Å²) in [5, 5.41) is 3.00. The van der Waals surface area contributed by atoms with Crippen molar-refractivity contribution in [2.75, 3.05) is 32.2 Å². The molecular weight excluding hydrogens is 340 g/mol. The van der Waals surface area contributed by atoms with Crippen LogP contribution in [0, 0.1) is 0 Å². The summed E-state index contributed by atoms with van der Waals surface area (Å²) in [6.07, 6.45) is 3.66. The summed E-state index contributed by atoms with van der Waals surface area (Å²) in [6, 6.07) is 14.3. The number of hydrogen-bond donors (Lipinski definition) is 1. The molecular formula is C22H28N2O3. The summed E-state index contributed by atoms with van der Waals surface area (Å²) in [7, 11) is 3.23. The standard InChI is InChI=1S/C22H28N2O3/c1-26-20-11-7-17(15-21(20)27-2)8-12-22(25)23-16-18-5-9-19(10-6-18)24-13-3-4-14-24/h5-7,9-11,15H,3-4,8,12-14,16H2,1-2H3,(H,23,25). The lowest BCUT2D eigenvalue weighted by molar-refractivity contribution is -0.121. The Balaban J connectivity index is 1.45. The fourth-order valence-electron chi connectivity index (χ4n) is 3.38. The summed E-state index contributed by atoms with van der Waals surface area (Å²) < 4.78 is 10.5. The Bertz CT molecular complexity index is 753. The van der Waals surface area contributed by atoms with Crippen LogP contribution in [0.15, 0.2) is 42.5 Å². The number of hydrogen-bond acceptors (Lipinski definition) is 4. The lowest BCUT2D eigenvalue weighted by Gasteiger charge is -2.17. The van der Waals surface area contributed by atoms with Crippen LogP contribution in [-0.2, 0) is 17.8 Å².